The monoisotopic (exact) mass is 394 g/mol. The molecule has 2 N–H and O–H groups in total. The van der Waals surface area contributed by atoms with Crippen molar-refractivity contribution < 1.29 is 18.2 Å². The van der Waals surface area contributed by atoms with Gasteiger partial charge in [0.25, 0.3) is 0 Å². The SMILES string of the molecule is COc1cc(C)cc2cc(COP(=O)(NCCCl)NCCCl)oc12. The van der Waals surface area contributed by atoms with E-state index in [0.29, 0.717) is 41.9 Å². The summed E-state index contributed by atoms with van der Waals surface area (Å²) in [5.41, 5.74) is 1.70. The summed E-state index contributed by atoms with van der Waals surface area (Å²) in [4.78, 5) is 0. The lowest BCUT2D eigenvalue weighted by Gasteiger charge is -2.19. The lowest BCUT2D eigenvalue weighted by Crippen LogP contribution is -2.26. The number of hydrogen-bond acceptors (Lipinski definition) is 4. The minimum atomic E-state index is -3.25. The maximum absolute atomic E-state index is 12.7. The van der Waals surface area contributed by atoms with Crippen molar-refractivity contribution in [2.24, 2.45) is 0 Å². The number of nitrogens with one attached hydrogen (secondary N) is 2. The normalized spacial score (nSPS) is 12.0. The van der Waals surface area contributed by atoms with Crippen LogP contribution in [0.25, 0.3) is 11.0 Å². The van der Waals surface area contributed by atoms with Gasteiger partial charge in [0.15, 0.2) is 11.3 Å². The van der Waals surface area contributed by atoms with Crippen LogP contribution in [0.1, 0.15) is 11.3 Å². The summed E-state index contributed by atoms with van der Waals surface area (Å²) < 4.78 is 29.3. The summed E-state index contributed by atoms with van der Waals surface area (Å²) in [6, 6.07) is 5.73. The molecular weight excluding hydrogens is 374 g/mol. The molecule has 0 spiro atoms. The lowest BCUT2D eigenvalue weighted by atomic mass is 10.1. The third-order valence-corrected chi connectivity index (χ3v) is 5.37. The highest BCUT2D eigenvalue weighted by atomic mass is 35.5. The van der Waals surface area contributed by atoms with E-state index >= 15 is 0 Å². The molecule has 2 aromatic rings. The van der Waals surface area contributed by atoms with E-state index in [9.17, 15) is 4.57 Å². The molecule has 0 fully saturated rings. The maximum atomic E-state index is 12.7. The average Bonchev–Trinajstić information content (AvgIpc) is 2.98. The molecule has 0 amide bonds. The number of ether oxygens (including phenoxy) is 1. The molecule has 0 bridgehead atoms. The lowest BCUT2D eigenvalue weighted by molar-refractivity contribution is 0.261. The largest absolute Gasteiger partial charge is 0.493 e. The van der Waals surface area contributed by atoms with Crippen LogP contribution in [0.4, 0.5) is 0 Å². The van der Waals surface area contributed by atoms with Gasteiger partial charge in [-0.15, -0.1) is 23.2 Å². The van der Waals surface area contributed by atoms with Gasteiger partial charge in [-0.05, 0) is 30.7 Å². The van der Waals surface area contributed by atoms with Crippen LogP contribution in [0.2, 0.25) is 0 Å². The summed E-state index contributed by atoms with van der Waals surface area (Å²) in [5, 5.41) is 6.47. The van der Waals surface area contributed by atoms with Crippen LogP contribution in [0.3, 0.4) is 0 Å². The van der Waals surface area contributed by atoms with Crippen molar-refractivity contribution >= 4 is 41.8 Å². The average molecular weight is 395 g/mol. The summed E-state index contributed by atoms with van der Waals surface area (Å²) in [6.07, 6.45) is 0. The van der Waals surface area contributed by atoms with Gasteiger partial charge < -0.3 is 9.15 Å². The molecule has 2 rings (SSSR count). The Kier molecular flexibility index (Phi) is 7.41. The van der Waals surface area contributed by atoms with Gasteiger partial charge in [0.1, 0.15) is 12.4 Å². The highest BCUT2D eigenvalue weighted by Gasteiger charge is 2.22. The fourth-order valence-corrected chi connectivity index (χ4v) is 4.09. The molecule has 134 valence electrons. The Labute approximate surface area is 151 Å². The van der Waals surface area contributed by atoms with Crippen molar-refractivity contribution in [1.29, 1.82) is 0 Å². The summed E-state index contributed by atoms with van der Waals surface area (Å²) in [5.74, 6) is 1.84. The van der Waals surface area contributed by atoms with Crippen molar-refractivity contribution in [1.82, 2.24) is 10.2 Å². The Morgan fingerprint density at radius 1 is 1.17 bits per heavy atom. The fourth-order valence-electron chi connectivity index (χ4n) is 2.22. The van der Waals surface area contributed by atoms with Crippen molar-refractivity contribution in [2.45, 2.75) is 13.5 Å². The third kappa shape index (κ3) is 5.12. The highest BCUT2D eigenvalue weighted by Crippen LogP contribution is 2.39. The van der Waals surface area contributed by atoms with E-state index in [1.807, 2.05) is 25.1 Å². The molecule has 1 aromatic carbocycles. The molecule has 9 heteroatoms. The Morgan fingerprint density at radius 2 is 1.83 bits per heavy atom. The zero-order valence-corrected chi connectivity index (χ0v) is 16.0. The van der Waals surface area contributed by atoms with Gasteiger partial charge in [0, 0.05) is 30.2 Å². The molecule has 0 aliphatic carbocycles. The molecule has 0 atom stereocenters. The predicted molar refractivity (Wildman–Crippen MR) is 97.3 cm³/mol. The first-order valence-electron chi connectivity index (χ1n) is 7.45. The van der Waals surface area contributed by atoms with E-state index in [1.54, 1.807) is 7.11 Å². The van der Waals surface area contributed by atoms with E-state index in [2.05, 4.69) is 10.2 Å². The van der Waals surface area contributed by atoms with Gasteiger partial charge in [-0.3, -0.25) is 9.09 Å². The summed E-state index contributed by atoms with van der Waals surface area (Å²) in [7, 11) is -1.66. The number of fused-ring (bicyclic) bond motifs is 1. The van der Waals surface area contributed by atoms with Crippen LogP contribution in [-0.4, -0.2) is 32.0 Å². The van der Waals surface area contributed by atoms with Gasteiger partial charge in [-0.25, -0.2) is 10.2 Å². The van der Waals surface area contributed by atoms with E-state index in [4.69, 9.17) is 36.9 Å². The van der Waals surface area contributed by atoms with Crippen molar-refractivity contribution in [3.05, 3.63) is 29.5 Å². The van der Waals surface area contributed by atoms with Gasteiger partial charge in [0.05, 0.1) is 7.11 Å². The molecule has 6 nitrogen and oxygen atoms in total. The summed E-state index contributed by atoms with van der Waals surface area (Å²) >= 11 is 11.3. The molecular formula is C15H21Cl2N2O4P. The Bertz CT molecular complexity index is 711. The minimum Gasteiger partial charge on any atom is -0.493 e. The second-order valence-electron chi connectivity index (χ2n) is 5.12. The summed E-state index contributed by atoms with van der Waals surface area (Å²) in [6.45, 7) is 2.72. The van der Waals surface area contributed by atoms with Crippen molar-refractivity contribution in [3.63, 3.8) is 0 Å². The molecule has 0 aliphatic rings. The maximum Gasteiger partial charge on any atom is 0.341 e. The highest BCUT2D eigenvalue weighted by molar-refractivity contribution is 7.54. The zero-order valence-electron chi connectivity index (χ0n) is 13.6. The molecule has 1 aromatic heterocycles. The number of halogens is 2. The van der Waals surface area contributed by atoms with Crippen LogP contribution in [0.5, 0.6) is 5.75 Å². The smallest absolute Gasteiger partial charge is 0.341 e. The Morgan fingerprint density at radius 3 is 2.42 bits per heavy atom. The first kappa shape index (κ1) is 19.6. The molecule has 1 heterocycles. The quantitative estimate of drug-likeness (QED) is 0.468. The first-order chi connectivity index (χ1) is 11.5. The molecule has 0 saturated heterocycles. The Hall–Kier alpha value is -0.750. The van der Waals surface area contributed by atoms with Crippen LogP contribution in [0, 0.1) is 6.92 Å². The van der Waals surface area contributed by atoms with Crippen LogP contribution in [0.15, 0.2) is 22.6 Å². The van der Waals surface area contributed by atoms with Gasteiger partial charge in [-0.2, -0.15) is 0 Å². The molecule has 0 radical (unpaired) electrons. The topological polar surface area (TPSA) is 72.7 Å². The molecule has 0 saturated carbocycles. The van der Waals surface area contributed by atoms with Crippen LogP contribution in [-0.2, 0) is 15.7 Å². The van der Waals surface area contributed by atoms with Gasteiger partial charge in [-0.1, -0.05) is 0 Å². The second kappa shape index (κ2) is 9.09. The third-order valence-electron chi connectivity index (χ3n) is 3.21. The van der Waals surface area contributed by atoms with Gasteiger partial charge >= 0.3 is 7.67 Å². The van der Waals surface area contributed by atoms with E-state index in [0.717, 1.165) is 10.9 Å². The van der Waals surface area contributed by atoms with Crippen LogP contribution >= 0.6 is 30.9 Å². The van der Waals surface area contributed by atoms with E-state index in [1.165, 1.54) is 0 Å². The second-order valence-corrected chi connectivity index (χ2v) is 7.87. The van der Waals surface area contributed by atoms with E-state index in [-0.39, 0.29) is 6.61 Å². The predicted octanol–water partition coefficient (Wildman–Crippen LogP) is 4.03. The number of alkyl halides is 2. The number of methoxy groups -OCH3 is 1. The van der Waals surface area contributed by atoms with Gasteiger partial charge in [0.2, 0.25) is 0 Å². The zero-order chi connectivity index (χ0) is 17.6. The minimum absolute atomic E-state index is 0.0404. The number of benzene rings is 1. The van der Waals surface area contributed by atoms with E-state index < -0.39 is 7.67 Å². The van der Waals surface area contributed by atoms with Crippen molar-refractivity contribution in [2.75, 3.05) is 32.0 Å². The first-order valence-corrected chi connectivity index (χ1v) is 10.1. The van der Waals surface area contributed by atoms with Crippen molar-refractivity contribution in [3.8, 4) is 5.75 Å². The number of hydrogen-bond donors (Lipinski definition) is 2. The number of furan rings is 1. The Balaban J connectivity index is 2.14. The molecule has 0 aliphatic heterocycles. The number of aryl methyl sites for hydroxylation is 1. The number of rotatable bonds is 10. The molecule has 24 heavy (non-hydrogen) atoms. The fraction of sp³-hybridized carbons (Fsp3) is 0.467. The molecule has 0 unspecified atom stereocenters. The van der Waals surface area contributed by atoms with Crippen LogP contribution < -0.4 is 14.9 Å². The standard InChI is InChI=1S/C15H21Cl2N2O4P/c1-11-7-12-9-13(23-15(12)14(8-11)21-2)10-22-24(20,18-5-3-16)19-6-4-17/h7-9H,3-6,10H2,1-2H3,(H2,18,19,20).